The lowest BCUT2D eigenvalue weighted by molar-refractivity contribution is -0.119. The van der Waals surface area contributed by atoms with Crippen molar-refractivity contribution in [3.05, 3.63) is 53.6 Å². The number of rotatable bonds is 2. The number of ether oxygens (including phenoxy) is 1. The largest absolute Gasteiger partial charge is 0.497 e. The molecule has 0 bridgehead atoms. The topological polar surface area (TPSA) is 41.9 Å². The molecule has 2 aromatic rings. The molecule has 0 aromatic heterocycles. The monoisotopic (exact) mass is 320 g/mol. The highest BCUT2D eigenvalue weighted by atomic mass is 16.5. The number of amides is 1. The first-order valence-electron chi connectivity index (χ1n) is 8.19. The average Bonchev–Trinajstić information content (AvgIpc) is 3.08. The molecule has 0 aliphatic carbocycles. The van der Waals surface area contributed by atoms with Gasteiger partial charge >= 0.3 is 0 Å². The Hall–Kier alpha value is -2.62. The summed E-state index contributed by atoms with van der Waals surface area (Å²) in [7, 11) is 1.64. The molecule has 2 aliphatic heterocycles. The van der Waals surface area contributed by atoms with Gasteiger partial charge in [0.25, 0.3) is 0 Å². The summed E-state index contributed by atoms with van der Waals surface area (Å²) in [5.41, 5.74) is 4.23. The summed E-state index contributed by atoms with van der Waals surface area (Å²) in [5, 5.41) is 0. The van der Waals surface area contributed by atoms with E-state index in [0.29, 0.717) is 6.54 Å². The van der Waals surface area contributed by atoms with Crippen molar-refractivity contribution in [1.82, 2.24) is 0 Å². The predicted molar refractivity (Wildman–Crippen MR) is 95.6 cm³/mol. The van der Waals surface area contributed by atoms with E-state index in [9.17, 15) is 4.79 Å². The van der Waals surface area contributed by atoms with Crippen molar-refractivity contribution < 1.29 is 9.53 Å². The Morgan fingerprint density at radius 3 is 2.58 bits per heavy atom. The van der Waals surface area contributed by atoms with E-state index in [2.05, 4.69) is 4.99 Å². The van der Waals surface area contributed by atoms with Crippen molar-refractivity contribution in [2.45, 2.75) is 25.7 Å². The highest BCUT2D eigenvalue weighted by Gasteiger charge is 2.54. The number of aliphatic imine (C=N–C) groups is 1. The molecule has 1 atom stereocenters. The molecule has 1 unspecified atom stereocenters. The number of aryl methyl sites for hydroxylation is 1. The fourth-order valence-electron chi connectivity index (χ4n) is 3.83. The standard InChI is InChI=1S/C20H20N2O2/c1-13-4-6-15(7-5-13)22-11-10-20(19(22)23)14(2)21-18-9-8-16(24-3)12-17(18)20/h4-9,12H,10-11H2,1-3H3. The minimum Gasteiger partial charge on any atom is -0.497 e. The molecule has 4 rings (SSSR count). The van der Waals surface area contributed by atoms with Crippen molar-refractivity contribution in [1.29, 1.82) is 0 Å². The van der Waals surface area contributed by atoms with Crippen molar-refractivity contribution >= 4 is 23.0 Å². The van der Waals surface area contributed by atoms with Crippen LogP contribution in [0.3, 0.4) is 0 Å². The molecule has 1 fully saturated rings. The number of anilines is 1. The highest BCUT2D eigenvalue weighted by Crippen LogP contribution is 2.48. The SMILES string of the molecule is COc1ccc2c(c1)C1(CCN(c3ccc(C)cc3)C1=O)C(C)=N2. The maximum Gasteiger partial charge on any atom is 0.243 e. The van der Waals surface area contributed by atoms with E-state index >= 15 is 0 Å². The minimum absolute atomic E-state index is 0.111. The highest BCUT2D eigenvalue weighted by molar-refractivity contribution is 6.23. The smallest absolute Gasteiger partial charge is 0.243 e. The van der Waals surface area contributed by atoms with Crippen LogP contribution in [-0.4, -0.2) is 25.3 Å². The second kappa shape index (κ2) is 5.20. The van der Waals surface area contributed by atoms with Gasteiger partial charge in [-0.25, -0.2) is 0 Å². The third-order valence-electron chi connectivity index (χ3n) is 5.24. The zero-order valence-electron chi connectivity index (χ0n) is 14.2. The number of methoxy groups -OCH3 is 1. The molecular formula is C20H20N2O2. The Bertz CT molecular complexity index is 854. The van der Waals surface area contributed by atoms with E-state index in [-0.39, 0.29) is 5.91 Å². The minimum atomic E-state index is -0.644. The van der Waals surface area contributed by atoms with E-state index in [0.717, 1.165) is 34.8 Å². The van der Waals surface area contributed by atoms with Gasteiger partial charge in [-0.1, -0.05) is 17.7 Å². The van der Waals surface area contributed by atoms with Crippen LogP contribution in [0.4, 0.5) is 11.4 Å². The summed E-state index contributed by atoms with van der Waals surface area (Å²) in [6.07, 6.45) is 0.745. The van der Waals surface area contributed by atoms with Crippen molar-refractivity contribution in [3.63, 3.8) is 0 Å². The lowest BCUT2D eigenvalue weighted by Gasteiger charge is -2.25. The van der Waals surface area contributed by atoms with Crippen molar-refractivity contribution in [2.24, 2.45) is 4.99 Å². The van der Waals surface area contributed by atoms with Crippen LogP contribution in [-0.2, 0) is 10.2 Å². The summed E-state index contributed by atoms with van der Waals surface area (Å²) < 4.78 is 5.36. The average molecular weight is 320 g/mol. The molecule has 2 aromatic carbocycles. The summed E-state index contributed by atoms with van der Waals surface area (Å²) >= 11 is 0. The Labute approximate surface area is 141 Å². The molecule has 1 amide bonds. The maximum atomic E-state index is 13.4. The summed E-state index contributed by atoms with van der Waals surface area (Å²) in [5.74, 6) is 0.874. The quantitative estimate of drug-likeness (QED) is 0.845. The van der Waals surface area contributed by atoms with Gasteiger partial charge in [-0.2, -0.15) is 0 Å². The van der Waals surface area contributed by atoms with E-state index < -0.39 is 5.41 Å². The summed E-state index contributed by atoms with van der Waals surface area (Å²) in [6.45, 7) is 4.71. The van der Waals surface area contributed by atoms with Crippen LogP contribution >= 0.6 is 0 Å². The van der Waals surface area contributed by atoms with Gasteiger partial charge in [0.15, 0.2) is 0 Å². The molecule has 2 aliphatic rings. The summed E-state index contributed by atoms with van der Waals surface area (Å²) in [4.78, 5) is 19.9. The summed E-state index contributed by atoms with van der Waals surface area (Å²) in [6, 6.07) is 13.9. The first kappa shape index (κ1) is 14.9. The van der Waals surface area contributed by atoms with E-state index in [1.807, 2.05) is 61.2 Å². The number of hydrogen-bond acceptors (Lipinski definition) is 3. The number of carbonyl (C=O) groups excluding carboxylic acids is 1. The van der Waals surface area contributed by atoms with Gasteiger partial charge in [0, 0.05) is 23.5 Å². The fraction of sp³-hybridized carbons (Fsp3) is 0.300. The molecule has 122 valence electrons. The zero-order chi connectivity index (χ0) is 16.9. The molecule has 0 N–H and O–H groups in total. The Balaban J connectivity index is 1.79. The fourth-order valence-corrected chi connectivity index (χ4v) is 3.83. The van der Waals surface area contributed by atoms with Gasteiger partial charge in [-0.3, -0.25) is 9.79 Å². The zero-order valence-corrected chi connectivity index (χ0v) is 14.2. The second-order valence-corrected chi connectivity index (χ2v) is 6.53. The molecule has 1 spiro atoms. The molecule has 0 radical (unpaired) electrons. The van der Waals surface area contributed by atoms with Crippen molar-refractivity contribution in [2.75, 3.05) is 18.6 Å². The van der Waals surface area contributed by atoms with E-state index in [1.54, 1.807) is 7.11 Å². The number of nitrogens with zero attached hydrogens (tertiary/aromatic N) is 2. The Morgan fingerprint density at radius 1 is 1.12 bits per heavy atom. The van der Waals surface area contributed by atoms with Crippen LogP contribution in [0.2, 0.25) is 0 Å². The molecule has 0 saturated carbocycles. The molecular weight excluding hydrogens is 300 g/mol. The second-order valence-electron chi connectivity index (χ2n) is 6.53. The van der Waals surface area contributed by atoms with Gasteiger partial charge in [-0.05, 0) is 50.6 Å². The van der Waals surface area contributed by atoms with Crippen LogP contribution in [0.5, 0.6) is 5.75 Å². The normalized spacial score (nSPS) is 22.0. The number of hydrogen-bond donors (Lipinski definition) is 0. The van der Waals surface area contributed by atoms with Crippen LogP contribution in [0, 0.1) is 6.92 Å². The van der Waals surface area contributed by atoms with E-state index in [4.69, 9.17) is 4.74 Å². The predicted octanol–water partition coefficient (Wildman–Crippen LogP) is 3.78. The van der Waals surface area contributed by atoms with Crippen LogP contribution in [0.15, 0.2) is 47.5 Å². The van der Waals surface area contributed by atoms with Gasteiger partial charge in [0.05, 0.1) is 12.8 Å². The van der Waals surface area contributed by atoms with E-state index in [1.165, 1.54) is 5.56 Å². The lowest BCUT2D eigenvalue weighted by Crippen LogP contribution is -2.41. The van der Waals surface area contributed by atoms with Crippen LogP contribution < -0.4 is 9.64 Å². The third-order valence-corrected chi connectivity index (χ3v) is 5.24. The van der Waals surface area contributed by atoms with Gasteiger partial charge in [0.1, 0.15) is 11.2 Å². The van der Waals surface area contributed by atoms with Crippen LogP contribution in [0.25, 0.3) is 0 Å². The van der Waals surface area contributed by atoms with Gasteiger partial charge in [0.2, 0.25) is 5.91 Å². The first-order valence-corrected chi connectivity index (χ1v) is 8.19. The van der Waals surface area contributed by atoms with Gasteiger partial charge < -0.3 is 9.64 Å². The molecule has 2 heterocycles. The number of carbonyl (C=O) groups is 1. The number of fused-ring (bicyclic) bond motifs is 2. The maximum absolute atomic E-state index is 13.4. The molecule has 4 nitrogen and oxygen atoms in total. The Kier molecular flexibility index (Phi) is 3.23. The molecule has 24 heavy (non-hydrogen) atoms. The first-order chi connectivity index (χ1) is 11.6. The Morgan fingerprint density at radius 2 is 1.88 bits per heavy atom. The third kappa shape index (κ3) is 1.92. The van der Waals surface area contributed by atoms with Crippen molar-refractivity contribution in [3.8, 4) is 5.75 Å². The van der Waals surface area contributed by atoms with Crippen LogP contribution in [0.1, 0.15) is 24.5 Å². The molecule has 1 saturated heterocycles. The van der Waals surface area contributed by atoms with Gasteiger partial charge in [-0.15, -0.1) is 0 Å². The number of benzene rings is 2. The molecule has 4 heteroatoms. The lowest BCUT2D eigenvalue weighted by atomic mass is 9.76.